The zero-order chi connectivity index (χ0) is 24.8. The summed E-state index contributed by atoms with van der Waals surface area (Å²) >= 11 is 0. The Morgan fingerprint density at radius 2 is 1.71 bits per heavy atom. The second-order valence-electron chi connectivity index (χ2n) is 9.21. The van der Waals surface area contributed by atoms with Crippen LogP contribution < -0.4 is 14.8 Å². The normalized spacial score (nSPS) is 18.5. The highest BCUT2D eigenvalue weighted by Gasteiger charge is 2.37. The van der Waals surface area contributed by atoms with Crippen LogP contribution in [-0.2, 0) is 16.1 Å². The van der Waals surface area contributed by atoms with Gasteiger partial charge in [-0.05, 0) is 42.5 Å². The largest absolute Gasteiger partial charge is 0.493 e. The summed E-state index contributed by atoms with van der Waals surface area (Å²) in [6.07, 6.45) is 1.94. The van der Waals surface area contributed by atoms with Crippen LogP contribution in [0.1, 0.15) is 35.2 Å². The third-order valence-corrected chi connectivity index (χ3v) is 6.90. The number of nitrogens with zero attached hydrogens (tertiary/aromatic N) is 2. The quantitative estimate of drug-likeness (QED) is 0.629. The predicted molar refractivity (Wildman–Crippen MR) is 131 cm³/mol. The van der Waals surface area contributed by atoms with Crippen molar-refractivity contribution in [3.05, 3.63) is 59.7 Å². The summed E-state index contributed by atoms with van der Waals surface area (Å²) in [6, 6.07) is 15.0. The molecule has 1 unspecified atom stereocenters. The van der Waals surface area contributed by atoms with Gasteiger partial charge in [-0.3, -0.25) is 14.4 Å². The summed E-state index contributed by atoms with van der Waals surface area (Å²) in [7, 11) is 3.09. The number of nitrogens with one attached hydrogen (secondary N) is 1. The fourth-order valence-corrected chi connectivity index (χ4v) is 4.83. The molecule has 0 bridgehead atoms. The summed E-state index contributed by atoms with van der Waals surface area (Å²) in [5.74, 6) is 1.08. The van der Waals surface area contributed by atoms with Crippen molar-refractivity contribution in [1.82, 2.24) is 15.1 Å². The lowest BCUT2D eigenvalue weighted by atomic mass is 9.95. The molecule has 8 heteroatoms. The van der Waals surface area contributed by atoms with E-state index in [1.807, 2.05) is 35.2 Å². The second-order valence-corrected chi connectivity index (χ2v) is 9.21. The first kappa shape index (κ1) is 24.6. The Balaban J connectivity index is 1.22. The number of hydrogen-bond acceptors (Lipinski definition) is 5. The summed E-state index contributed by atoms with van der Waals surface area (Å²) < 4.78 is 10.5. The van der Waals surface area contributed by atoms with Gasteiger partial charge in [0.15, 0.2) is 11.5 Å². The molecule has 4 rings (SSSR count). The van der Waals surface area contributed by atoms with E-state index in [1.54, 1.807) is 30.2 Å². The first-order chi connectivity index (χ1) is 17.0. The number of hydrogen-bond donors (Lipinski definition) is 1. The molecule has 2 aliphatic heterocycles. The van der Waals surface area contributed by atoms with Crippen LogP contribution in [0.15, 0.2) is 48.5 Å². The van der Waals surface area contributed by atoms with Gasteiger partial charge in [0, 0.05) is 44.7 Å². The molecule has 0 saturated carbocycles. The van der Waals surface area contributed by atoms with Crippen molar-refractivity contribution in [3.63, 3.8) is 0 Å². The van der Waals surface area contributed by atoms with Gasteiger partial charge < -0.3 is 24.6 Å². The minimum Gasteiger partial charge on any atom is -0.493 e. The molecule has 8 nitrogen and oxygen atoms in total. The molecule has 0 radical (unpaired) electrons. The van der Waals surface area contributed by atoms with Crippen LogP contribution in [0.4, 0.5) is 0 Å². The Hall–Kier alpha value is -3.55. The van der Waals surface area contributed by atoms with Crippen molar-refractivity contribution in [3.8, 4) is 11.5 Å². The maximum absolute atomic E-state index is 13.1. The average Bonchev–Trinajstić information content (AvgIpc) is 3.27. The zero-order valence-corrected chi connectivity index (χ0v) is 20.4. The summed E-state index contributed by atoms with van der Waals surface area (Å²) in [5.41, 5.74) is 1.59. The SMILES string of the molecule is COc1ccc(C(=O)NCC2CCN(C(=O)C3CC(=O)N(Cc4ccccc4)C3)CC2)cc1OC. The molecular weight excluding hydrogens is 446 g/mol. The third kappa shape index (κ3) is 5.93. The summed E-state index contributed by atoms with van der Waals surface area (Å²) in [4.78, 5) is 41.8. The molecule has 0 aromatic heterocycles. The minimum absolute atomic E-state index is 0.0416. The summed E-state index contributed by atoms with van der Waals surface area (Å²) in [5, 5.41) is 3.00. The molecule has 35 heavy (non-hydrogen) atoms. The Kier molecular flexibility index (Phi) is 7.90. The number of benzene rings is 2. The Labute approximate surface area is 206 Å². The highest BCUT2D eigenvalue weighted by Crippen LogP contribution is 2.28. The molecule has 3 amide bonds. The third-order valence-electron chi connectivity index (χ3n) is 6.90. The summed E-state index contributed by atoms with van der Waals surface area (Å²) in [6.45, 7) is 2.89. The highest BCUT2D eigenvalue weighted by atomic mass is 16.5. The zero-order valence-electron chi connectivity index (χ0n) is 20.4. The van der Waals surface area contributed by atoms with E-state index in [9.17, 15) is 14.4 Å². The molecule has 186 valence electrons. The molecule has 2 aromatic rings. The lowest BCUT2D eigenvalue weighted by molar-refractivity contribution is -0.137. The van der Waals surface area contributed by atoms with Gasteiger partial charge in [0.25, 0.3) is 5.91 Å². The van der Waals surface area contributed by atoms with Crippen molar-refractivity contribution in [2.24, 2.45) is 11.8 Å². The Morgan fingerprint density at radius 1 is 1.00 bits per heavy atom. The maximum atomic E-state index is 13.1. The van der Waals surface area contributed by atoms with E-state index >= 15 is 0 Å². The number of ether oxygens (including phenoxy) is 2. The standard InChI is InChI=1S/C27H33N3O5/c1-34-23-9-8-21(14-24(23)35-2)26(32)28-16-19-10-12-29(13-11-19)27(33)22-15-25(31)30(18-22)17-20-6-4-3-5-7-20/h3-9,14,19,22H,10-13,15-18H2,1-2H3,(H,28,32). The van der Waals surface area contributed by atoms with Crippen LogP contribution >= 0.6 is 0 Å². The fourth-order valence-electron chi connectivity index (χ4n) is 4.83. The molecule has 0 aliphatic carbocycles. The van der Waals surface area contributed by atoms with Gasteiger partial charge in [-0.2, -0.15) is 0 Å². The lowest BCUT2D eigenvalue weighted by Crippen LogP contribution is -2.44. The van der Waals surface area contributed by atoms with Crippen molar-refractivity contribution in [2.75, 3.05) is 40.4 Å². The number of likely N-dealkylation sites (tertiary alicyclic amines) is 2. The number of piperidine rings is 1. The molecule has 1 N–H and O–H groups in total. The van der Waals surface area contributed by atoms with Crippen LogP contribution in [0.25, 0.3) is 0 Å². The number of carbonyl (C=O) groups excluding carboxylic acids is 3. The monoisotopic (exact) mass is 479 g/mol. The number of amides is 3. The van der Waals surface area contributed by atoms with E-state index in [0.717, 1.165) is 18.4 Å². The van der Waals surface area contributed by atoms with Crippen LogP contribution in [0, 0.1) is 11.8 Å². The smallest absolute Gasteiger partial charge is 0.251 e. The van der Waals surface area contributed by atoms with Crippen LogP contribution in [0.5, 0.6) is 11.5 Å². The molecular formula is C27H33N3O5. The maximum Gasteiger partial charge on any atom is 0.251 e. The Bertz CT molecular complexity index is 1050. The lowest BCUT2D eigenvalue weighted by Gasteiger charge is -2.33. The number of rotatable bonds is 8. The molecule has 2 aromatic carbocycles. The molecule has 2 aliphatic rings. The van der Waals surface area contributed by atoms with Crippen molar-refractivity contribution < 1.29 is 23.9 Å². The van der Waals surface area contributed by atoms with Gasteiger partial charge in [0.2, 0.25) is 11.8 Å². The number of carbonyl (C=O) groups is 3. The second kappa shape index (κ2) is 11.3. The molecule has 1 atom stereocenters. The van der Waals surface area contributed by atoms with E-state index in [1.165, 1.54) is 7.11 Å². The molecule has 0 spiro atoms. The van der Waals surface area contributed by atoms with Crippen LogP contribution in [0.2, 0.25) is 0 Å². The van der Waals surface area contributed by atoms with Gasteiger partial charge in [0.05, 0.1) is 20.1 Å². The molecule has 2 heterocycles. The highest BCUT2D eigenvalue weighted by molar-refractivity contribution is 5.95. The number of methoxy groups -OCH3 is 2. The first-order valence-corrected chi connectivity index (χ1v) is 12.1. The van der Waals surface area contributed by atoms with Crippen LogP contribution in [-0.4, -0.2) is 67.9 Å². The van der Waals surface area contributed by atoms with Gasteiger partial charge in [-0.15, -0.1) is 0 Å². The fraction of sp³-hybridized carbons (Fsp3) is 0.444. The topological polar surface area (TPSA) is 88.2 Å². The van der Waals surface area contributed by atoms with E-state index in [0.29, 0.717) is 55.7 Å². The predicted octanol–water partition coefficient (Wildman–Crippen LogP) is 2.72. The van der Waals surface area contributed by atoms with Gasteiger partial charge in [-0.1, -0.05) is 30.3 Å². The Morgan fingerprint density at radius 3 is 2.40 bits per heavy atom. The van der Waals surface area contributed by atoms with Gasteiger partial charge in [0.1, 0.15) is 0 Å². The van der Waals surface area contributed by atoms with E-state index in [-0.39, 0.29) is 30.1 Å². The van der Waals surface area contributed by atoms with Crippen molar-refractivity contribution >= 4 is 17.7 Å². The van der Waals surface area contributed by atoms with E-state index in [2.05, 4.69) is 5.32 Å². The van der Waals surface area contributed by atoms with E-state index in [4.69, 9.17) is 9.47 Å². The molecule has 2 saturated heterocycles. The average molecular weight is 480 g/mol. The molecule has 2 fully saturated rings. The van der Waals surface area contributed by atoms with Gasteiger partial charge in [-0.25, -0.2) is 0 Å². The van der Waals surface area contributed by atoms with Crippen molar-refractivity contribution in [1.29, 1.82) is 0 Å². The van der Waals surface area contributed by atoms with E-state index < -0.39 is 0 Å². The van der Waals surface area contributed by atoms with Gasteiger partial charge >= 0.3 is 0 Å². The van der Waals surface area contributed by atoms with Crippen LogP contribution in [0.3, 0.4) is 0 Å². The van der Waals surface area contributed by atoms with Crippen molar-refractivity contribution in [2.45, 2.75) is 25.8 Å². The first-order valence-electron chi connectivity index (χ1n) is 12.1. The minimum atomic E-state index is -0.271.